The molecule has 7 heteroatoms. The summed E-state index contributed by atoms with van der Waals surface area (Å²) in [4.78, 5) is 27.8. The summed E-state index contributed by atoms with van der Waals surface area (Å²) in [6.07, 6.45) is 1.33. The third kappa shape index (κ3) is 4.68. The summed E-state index contributed by atoms with van der Waals surface area (Å²) in [7, 11) is 1.29. The van der Waals surface area contributed by atoms with Crippen molar-refractivity contribution in [2.45, 2.75) is 12.5 Å². The predicted octanol–water partition coefficient (Wildman–Crippen LogP) is 3.42. The number of hydrogen-bond acceptors (Lipinski definition) is 4. The Morgan fingerprint density at radius 1 is 1.22 bits per heavy atom. The number of carbonyl (C=O) groups excluding carboxylic acids is 2. The number of methoxy groups -OCH3 is 1. The second-order valence-corrected chi connectivity index (χ2v) is 5.49. The topological polar surface area (TPSA) is 68.3 Å². The van der Waals surface area contributed by atoms with Crippen LogP contribution in [0.15, 0.2) is 42.6 Å². The second kappa shape index (κ2) is 7.94. The number of benzene rings is 1. The molecule has 0 aliphatic heterocycles. The number of pyridine rings is 1. The van der Waals surface area contributed by atoms with Crippen molar-refractivity contribution in [3.8, 4) is 0 Å². The van der Waals surface area contributed by atoms with Gasteiger partial charge in [-0.05, 0) is 23.8 Å². The zero-order chi connectivity index (χ0) is 16.8. The number of carbonyl (C=O) groups is 2. The molecular weight excluding hydrogens is 339 g/mol. The number of amides is 1. The number of nitrogens with one attached hydrogen (secondary N) is 1. The van der Waals surface area contributed by atoms with Crippen molar-refractivity contribution in [2.75, 3.05) is 7.11 Å². The smallest absolute Gasteiger partial charge is 0.307 e. The molecule has 120 valence electrons. The lowest BCUT2D eigenvalue weighted by Gasteiger charge is -2.19. The van der Waals surface area contributed by atoms with Crippen molar-refractivity contribution in [1.82, 2.24) is 10.3 Å². The van der Waals surface area contributed by atoms with Crippen LogP contribution < -0.4 is 5.32 Å². The molecule has 0 radical (unpaired) electrons. The average Bonchev–Trinajstić information content (AvgIpc) is 2.55. The van der Waals surface area contributed by atoms with Crippen molar-refractivity contribution in [1.29, 1.82) is 0 Å². The molecule has 0 fully saturated rings. The molecule has 1 N–H and O–H groups in total. The van der Waals surface area contributed by atoms with Crippen LogP contribution in [0.1, 0.15) is 28.4 Å². The number of esters is 1. The Morgan fingerprint density at radius 2 is 1.96 bits per heavy atom. The third-order valence-electron chi connectivity index (χ3n) is 3.17. The van der Waals surface area contributed by atoms with E-state index in [9.17, 15) is 9.59 Å². The van der Waals surface area contributed by atoms with E-state index in [-0.39, 0.29) is 12.3 Å². The molecular formula is C16H14Cl2N2O3. The summed E-state index contributed by atoms with van der Waals surface area (Å²) in [5.41, 5.74) is 0.964. The molecule has 1 atom stereocenters. The normalized spacial score (nSPS) is 11.6. The molecule has 2 aromatic rings. The maximum absolute atomic E-state index is 12.3. The summed E-state index contributed by atoms with van der Waals surface area (Å²) in [5.74, 6) is -0.840. The first-order chi connectivity index (χ1) is 11.0. The van der Waals surface area contributed by atoms with Crippen LogP contribution in [0.2, 0.25) is 10.2 Å². The summed E-state index contributed by atoms with van der Waals surface area (Å²) >= 11 is 11.9. The van der Waals surface area contributed by atoms with Crippen LogP contribution in [0.5, 0.6) is 0 Å². The van der Waals surface area contributed by atoms with Gasteiger partial charge >= 0.3 is 5.97 Å². The van der Waals surface area contributed by atoms with Crippen LogP contribution in [0, 0.1) is 0 Å². The van der Waals surface area contributed by atoms with Crippen LogP contribution in [0.4, 0.5) is 0 Å². The Morgan fingerprint density at radius 3 is 2.57 bits per heavy atom. The van der Waals surface area contributed by atoms with E-state index in [4.69, 9.17) is 23.2 Å². The van der Waals surface area contributed by atoms with Crippen LogP contribution in [0.3, 0.4) is 0 Å². The summed E-state index contributed by atoms with van der Waals surface area (Å²) in [5, 5.41) is 3.51. The first kappa shape index (κ1) is 17.2. The molecule has 0 aliphatic rings. The summed E-state index contributed by atoms with van der Waals surface area (Å²) in [6, 6.07) is 9.44. The monoisotopic (exact) mass is 352 g/mol. The highest BCUT2D eigenvalue weighted by atomic mass is 35.5. The maximum Gasteiger partial charge on any atom is 0.307 e. The molecule has 1 aromatic carbocycles. The lowest BCUT2D eigenvalue weighted by atomic mass is 10.0. The Bertz CT molecular complexity index is 705. The van der Waals surface area contributed by atoms with Gasteiger partial charge in [0, 0.05) is 11.2 Å². The first-order valence-electron chi connectivity index (χ1n) is 6.75. The van der Waals surface area contributed by atoms with Gasteiger partial charge in [-0.15, -0.1) is 0 Å². The van der Waals surface area contributed by atoms with E-state index in [1.807, 2.05) is 0 Å². The second-order valence-electron chi connectivity index (χ2n) is 4.70. The van der Waals surface area contributed by atoms with Crippen LogP contribution in [0.25, 0.3) is 0 Å². The van der Waals surface area contributed by atoms with Gasteiger partial charge in [0.05, 0.1) is 25.1 Å². The number of rotatable bonds is 5. The highest BCUT2D eigenvalue weighted by molar-refractivity contribution is 6.31. The van der Waals surface area contributed by atoms with Gasteiger partial charge < -0.3 is 10.1 Å². The molecule has 2 rings (SSSR count). The van der Waals surface area contributed by atoms with Crippen molar-refractivity contribution in [2.24, 2.45) is 0 Å². The van der Waals surface area contributed by atoms with Gasteiger partial charge in [0.25, 0.3) is 5.91 Å². The Labute approximate surface area is 143 Å². The highest BCUT2D eigenvalue weighted by Crippen LogP contribution is 2.25. The van der Waals surface area contributed by atoms with E-state index in [0.717, 1.165) is 0 Å². The van der Waals surface area contributed by atoms with Crippen molar-refractivity contribution >= 4 is 35.1 Å². The van der Waals surface area contributed by atoms with E-state index in [1.54, 1.807) is 30.3 Å². The molecule has 1 amide bonds. The molecule has 23 heavy (non-hydrogen) atoms. The Kier molecular flexibility index (Phi) is 5.96. The van der Waals surface area contributed by atoms with Gasteiger partial charge in [0.2, 0.25) is 0 Å². The predicted molar refractivity (Wildman–Crippen MR) is 87.5 cm³/mol. The van der Waals surface area contributed by atoms with Crippen molar-refractivity contribution in [3.05, 3.63) is 63.9 Å². The number of halogens is 2. The van der Waals surface area contributed by atoms with E-state index in [1.165, 1.54) is 19.4 Å². The largest absolute Gasteiger partial charge is 0.469 e. The first-order valence-corrected chi connectivity index (χ1v) is 7.50. The molecule has 0 saturated carbocycles. The third-order valence-corrected chi connectivity index (χ3v) is 3.74. The highest BCUT2D eigenvalue weighted by Gasteiger charge is 2.21. The zero-order valence-electron chi connectivity index (χ0n) is 12.3. The minimum absolute atomic E-state index is 0.0347. The van der Waals surface area contributed by atoms with Crippen LogP contribution >= 0.6 is 23.2 Å². The van der Waals surface area contributed by atoms with Gasteiger partial charge in [0.15, 0.2) is 0 Å². The summed E-state index contributed by atoms with van der Waals surface area (Å²) in [6.45, 7) is 0. The fraction of sp³-hybridized carbons (Fsp3) is 0.188. The van der Waals surface area contributed by atoms with Gasteiger partial charge in [-0.3, -0.25) is 9.59 Å². The number of aromatic nitrogens is 1. The van der Waals surface area contributed by atoms with Gasteiger partial charge in [-0.1, -0.05) is 41.4 Å². The molecule has 5 nitrogen and oxygen atoms in total. The van der Waals surface area contributed by atoms with Gasteiger partial charge in [-0.25, -0.2) is 4.98 Å². The van der Waals surface area contributed by atoms with Crippen LogP contribution in [-0.4, -0.2) is 24.0 Å². The minimum atomic E-state index is -0.612. The summed E-state index contributed by atoms with van der Waals surface area (Å²) < 4.78 is 4.68. The molecule has 1 unspecified atom stereocenters. The standard InChI is InChI=1S/C16H14Cl2N2O3/c1-23-15(21)8-13(11-4-2-3-5-12(11)17)20-16(22)10-6-7-14(18)19-9-10/h2-7,9,13H,8H2,1H3,(H,20,22). The number of ether oxygens (including phenoxy) is 1. The Balaban J connectivity index is 2.24. The fourth-order valence-electron chi connectivity index (χ4n) is 2.00. The Hall–Kier alpha value is -2.11. The molecule has 0 spiro atoms. The molecule has 0 saturated heterocycles. The molecule has 0 bridgehead atoms. The van der Waals surface area contributed by atoms with Crippen molar-refractivity contribution in [3.63, 3.8) is 0 Å². The van der Waals surface area contributed by atoms with E-state index in [0.29, 0.717) is 21.3 Å². The molecule has 1 heterocycles. The van der Waals surface area contributed by atoms with Gasteiger partial charge in [-0.2, -0.15) is 0 Å². The molecule has 1 aromatic heterocycles. The number of nitrogens with zero attached hydrogens (tertiary/aromatic N) is 1. The van der Waals surface area contributed by atoms with Gasteiger partial charge in [0.1, 0.15) is 5.15 Å². The fourth-order valence-corrected chi connectivity index (χ4v) is 2.38. The van der Waals surface area contributed by atoms with E-state index >= 15 is 0 Å². The van der Waals surface area contributed by atoms with E-state index in [2.05, 4.69) is 15.0 Å². The SMILES string of the molecule is COC(=O)CC(NC(=O)c1ccc(Cl)nc1)c1ccccc1Cl. The quantitative estimate of drug-likeness (QED) is 0.661. The average molecular weight is 353 g/mol. The number of hydrogen-bond donors (Lipinski definition) is 1. The van der Waals surface area contributed by atoms with Crippen molar-refractivity contribution < 1.29 is 14.3 Å². The minimum Gasteiger partial charge on any atom is -0.469 e. The van der Waals surface area contributed by atoms with Crippen LogP contribution in [-0.2, 0) is 9.53 Å². The lowest BCUT2D eigenvalue weighted by Crippen LogP contribution is -2.30. The van der Waals surface area contributed by atoms with E-state index < -0.39 is 12.0 Å². The lowest BCUT2D eigenvalue weighted by molar-refractivity contribution is -0.141. The maximum atomic E-state index is 12.3. The molecule has 0 aliphatic carbocycles. The zero-order valence-corrected chi connectivity index (χ0v) is 13.8.